The Morgan fingerprint density at radius 2 is 2.04 bits per heavy atom. The lowest BCUT2D eigenvalue weighted by Crippen LogP contribution is -2.28. The predicted octanol–water partition coefficient (Wildman–Crippen LogP) is 2.32. The number of methoxy groups -OCH3 is 1. The average Bonchev–Trinajstić information content (AvgIpc) is 3.09. The fourth-order valence-electron chi connectivity index (χ4n) is 2.18. The molecule has 0 aliphatic heterocycles. The molecule has 128 valence electrons. The normalized spacial score (nSPS) is 10.5. The third kappa shape index (κ3) is 4.54. The van der Waals surface area contributed by atoms with Crippen LogP contribution in [0.5, 0.6) is 5.75 Å². The summed E-state index contributed by atoms with van der Waals surface area (Å²) in [4.78, 5) is 13.3. The number of tetrazole rings is 1. The summed E-state index contributed by atoms with van der Waals surface area (Å²) in [6, 6.07) is 14.6. The van der Waals surface area contributed by atoms with Gasteiger partial charge in [-0.3, -0.25) is 4.79 Å². The molecular formula is C17H16ClN5O2. The van der Waals surface area contributed by atoms with Gasteiger partial charge in [-0.15, -0.1) is 10.2 Å². The van der Waals surface area contributed by atoms with E-state index in [1.165, 1.54) is 4.80 Å². The molecule has 1 aromatic heterocycles. The SMILES string of the molecule is COc1ccc(CNC(=O)Cn2nnc(-c3cccc(Cl)c3)n2)cc1. The Hall–Kier alpha value is -2.93. The molecule has 1 amide bonds. The van der Waals surface area contributed by atoms with Crippen LogP contribution in [0.4, 0.5) is 0 Å². The topological polar surface area (TPSA) is 81.9 Å². The van der Waals surface area contributed by atoms with Crippen LogP contribution in [0, 0.1) is 0 Å². The number of halogens is 1. The molecule has 25 heavy (non-hydrogen) atoms. The Balaban J connectivity index is 1.56. The molecule has 0 saturated heterocycles. The summed E-state index contributed by atoms with van der Waals surface area (Å²) in [7, 11) is 1.61. The van der Waals surface area contributed by atoms with E-state index in [9.17, 15) is 4.79 Å². The van der Waals surface area contributed by atoms with Crippen LogP contribution in [0.3, 0.4) is 0 Å². The van der Waals surface area contributed by atoms with E-state index in [2.05, 4.69) is 20.7 Å². The molecule has 2 aromatic carbocycles. The second kappa shape index (κ2) is 7.76. The van der Waals surface area contributed by atoms with Gasteiger partial charge in [-0.25, -0.2) is 0 Å². The molecule has 0 radical (unpaired) electrons. The molecule has 0 aliphatic rings. The lowest BCUT2D eigenvalue weighted by molar-refractivity contribution is -0.122. The maximum absolute atomic E-state index is 12.0. The highest BCUT2D eigenvalue weighted by molar-refractivity contribution is 6.30. The maximum Gasteiger partial charge on any atom is 0.243 e. The smallest absolute Gasteiger partial charge is 0.243 e. The molecule has 3 aromatic rings. The molecule has 0 spiro atoms. The van der Waals surface area contributed by atoms with Gasteiger partial charge in [0, 0.05) is 17.1 Å². The summed E-state index contributed by atoms with van der Waals surface area (Å²) < 4.78 is 5.10. The first-order valence-corrected chi connectivity index (χ1v) is 7.95. The number of benzene rings is 2. The van der Waals surface area contributed by atoms with Crippen molar-refractivity contribution in [1.82, 2.24) is 25.5 Å². The number of rotatable bonds is 6. The van der Waals surface area contributed by atoms with Crippen LogP contribution >= 0.6 is 11.6 Å². The van der Waals surface area contributed by atoms with Crippen LogP contribution in [0.2, 0.25) is 5.02 Å². The third-order valence-electron chi connectivity index (χ3n) is 3.47. The molecule has 0 aliphatic carbocycles. The van der Waals surface area contributed by atoms with E-state index in [1.54, 1.807) is 25.3 Å². The van der Waals surface area contributed by atoms with E-state index in [0.29, 0.717) is 17.4 Å². The maximum atomic E-state index is 12.0. The molecule has 0 bridgehead atoms. The second-order valence-corrected chi connectivity index (χ2v) is 5.72. The Labute approximate surface area is 149 Å². The number of hydrogen-bond acceptors (Lipinski definition) is 5. The number of nitrogens with one attached hydrogen (secondary N) is 1. The zero-order valence-corrected chi connectivity index (χ0v) is 14.3. The minimum absolute atomic E-state index is 0.0102. The zero-order chi connectivity index (χ0) is 17.6. The lowest BCUT2D eigenvalue weighted by atomic mass is 10.2. The quantitative estimate of drug-likeness (QED) is 0.732. The lowest BCUT2D eigenvalue weighted by Gasteiger charge is -2.05. The molecule has 1 heterocycles. The van der Waals surface area contributed by atoms with Crippen molar-refractivity contribution in [1.29, 1.82) is 0 Å². The van der Waals surface area contributed by atoms with Crippen LogP contribution in [-0.4, -0.2) is 33.2 Å². The van der Waals surface area contributed by atoms with Crippen molar-refractivity contribution in [2.45, 2.75) is 13.1 Å². The van der Waals surface area contributed by atoms with Gasteiger partial charge < -0.3 is 10.1 Å². The van der Waals surface area contributed by atoms with Crippen molar-refractivity contribution in [2.24, 2.45) is 0 Å². The minimum Gasteiger partial charge on any atom is -0.497 e. The number of carbonyl (C=O) groups is 1. The Morgan fingerprint density at radius 1 is 1.24 bits per heavy atom. The van der Waals surface area contributed by atoms with Crippen molar-refractivity contribution in [3.05, 3.63) is 59.1 Å². The fourth-order valence-corrected chi connectivity index (χ4v) is 2.37. The highest BCUT2D eigenvalue weighted by atomic mass is 35.5. The first-order valence-electron chi connectivity index (χ1n) is 7.57. The molecular weight excluding hydrogens is 342 g/mol. The third-order valence-corrected chi connectivity index (χ3v) is 3.70. The van der Waals surface area contributed by atoms with Crippen molar-refractivity contribution in [2.75, 3.05) is 7.11 Å². The summed E-state index contributed by atoms with van der Waals surface area (Å²) in [5.41, 5.74) is 1.72. The van der Waals surface area contributed by atoms with Crippen LogP contribution < -0.4 is 10.1 Å². The van der Waals surface area contributed by atoms with Crippen molar-refractivity contribution < 1.29 is 9.53 Å². The number of amides is 1. The first kappa shape index (κ1) is 16.9. The second-order valence-electron chi connectivity index (χ2n) is 5.28. The molecule has 3 rings (SSSR count). The minimum atomic E-state index is -0.203. The summed E-state index contributed by atoms with van der Waals surface area (Å²) in [6.07, 6.45) is 0. The van der Waals surface area contributed by atoms with Gasteiger partial charge in [0.25, 0.3) is 0 Å². The van der Waals surface area contributed by atoms with Crippen molar-refractivity contribution >= 4 is 17.5 Å². The van der Waals surface area contributed by atoms with Gasteiger partial charge in [-0.2, -0.15) is 4.80 Å². The summed E-state index contributed by atoms with van der Waals surface area (Å²) in [6.45, 7) is 0.405. The molecule has 1 N–H and O–H groups in total. The number of hydrogen-bond donors (Lipinski definition) is 1. The summed E-state index contributed by atoms with van der Waals surface area (Å²) >= 11 is 5.95. The van der Waals surface area contributed by atoms with E-state index in [1.807, 2.05) is 30.3 Å². The summed E-state index contributed by atoms with van der Waals surface area (Å²) in [5, 5.41) is 15.4. The van der Waals surface area contributed by atoms with E-state index in [-0.39, 0.29) is 12.5 Å². The fraction of sp³-hybridized carbons (Fsp3) is 0.176. The molecule has 7 nitrogen and oxygen atoms in total. The van der Waals surface area contributed by atoms with Gasteiger partial charge in [0.05, 0.1) is 7.11 Å². The van der Waals surface area contributed by atoms with Gasteiger partial charge in [-0.1, -0.05) is 35.9 Å². The molecule has 0 atom stereocenters. The van der Waals surface area contributed by atoms with Gasteiger partial charge in [0.15, 0.2) is 0 Å². The molecule has 0 fully saturated rings. The molecule has 0 unspecified atom stereocenters. The number of aromatic nitrogens is 4. The highest BCUT2D eigenvalue weighted by Crippen LogP contribution is 2.18. The van der Waals surface area contributed by atoms with Crippen LogP contribution in [0.25, 0.3) is 11.4 Å². The average molecular weight is 358 g/mol. The largest absolute Gasteiger partial charge is 0.497 e. The van der Waals surface area contributed by atoms with Crippen LogP contribution in [0.15, 0.2) is 48.5 Å². The Morgan fingerprint density at radius 3 is 2.76 bits per heavy atom. The van der Waals surface area contributed by atoms with Gasteiger partial charge in [0.1, 0.15) is 12.3 Å². The van der Waals surface area contributed by atoms with Crippen LogP contribution in [0.1, 0.15) is 5.56 Å². The monoisotopic (exact) mass is 357 g/mol. The Bertz CT molecular complexity index is 863. The zero-order valence-electron chi connectivity index (χ0n) is 13.5. The predicted molar refractivity (Wildman–Crippen MR) is 93.1 cm³/mol. The number of ether oxygens (including phenoxy) is 1. The van der Waals surface area contributed by atoms with E-state index in [0.717, 1.165) is 16.9 Å². The highest BCUT2D eigenvalue weighted by Gasteiger charge is 2.09. The van der Waals surface area contributed by atoms with Gasteiger partial charge >= 0.3 is 0 Å². The van der Waals surface area contributed by atoms with E-state index in [4.69, 9.17) is 16.3 Å². The standard InChI is InChI=1S/C17H16ClN5O2/c1-25-15-7-5-12(6-8-15)10-19-16(24)11-23-21-17(20-22-23)13-3-2-4-14(18)9-13/h2-9H,10-11H2,1H3,(H,19,24). The first-order chi connectivity index (χ1) is 12.1. The van der Waals surface area contributed by atoms with Gasteiger partial charge in [-0.05, 0) is 35.0 Å². The summed E-state index contributed by atoms with van der Waals surface area (Å²) in [5.74, 6) is 0.992. The van der Waals surface area contributed by atoms with Crippen molar-refractivity contribution in [3.8, 4) is 17.1 Å². The number of carbonyl (C=O) groups excluding carboxylic acids is 1. The molecule has 8 heteroatoms. The molecule has 0 saturated carbocycles. The van der Waals surface area contributed by atoms with Gasteiger partial charge in [0.2, 0.25) is 11.7 Å². The van der Waals surface area contributed by atoms with Crippen LogP contribution in [-0.2, 0) is 17.9 Å². The Kier molecular flexibility index (Phi) is 5.25. The van der Waals surface area contributed by atoms with E-state index >= 15 is 0 Å². The van der Waals surface area contributed by atoms with E-state index < -0.39 is 0 Å². The van der Waals surface area contributed by atoms with Crippen molar-refractivity contribution in [3.63, 3.8) is 0 Å². The number of nitrogens with zero attached hydrogens (tertiary/aromatic N) is 4.